The van der Waals surface area contributed by atoms with Crippen molar-refractivity contribution in [2.24, 2.45) is 11.8 Å². The van der Waals surface area contributed by atoms with Crippen molar-refractivity contribution in [2.75, 3.05) is 12.3 Å². The fourth-order valence-electron chi connectivity index (χ4n) is 3.60. The van der Waals surface area contributed by atoms with Gasteiger partial charge in [-0.05, 0) is 49.3 Å². The molecule has 2 nitrogen and oxygen atoms in total. The molecule has 0 aliphatic heterocycles. The number of hydrogen-bond acceptors (Lipinski definition) is 2. The number of nitrogens with two attached hydrogens (primary N) is 1. The lowest BCUT2D eigenvalue weighted by molar-refractivity contribution is 0.108. The van der Waals surface area contributed by atoms with Gasteiger partial charge in [0.15, 0.2) is 0 Å². The summed E-state index contributed by atoms with van der Waals surface area (Å²) < 4.78 is 0. The summed E-state index contributed by atoms with van der Waals surface area (Å²) in [6.07, 6.45) is 4.07. The molecule has 1 aromatic rings. The lowest BCUT2D eigenvalue weighted by Crippen LogP contribution is -2.40. The van der Waals surface area contributed by atoms with Gasteiger partial charge in [0, 0.05) is 18.3 Å². The van der Waals surface area contributed by atoms with Crippen molar-refractivity contribution in [3.05, 3.63) is 29.8 Å². The minimum absolute atomic E-state index is 0.725. The molecule has 19 heavy (non-hydrogen) atoms. The maximum absolute atomic E-state index is 6.08. The van der Waals surface area contributed by atoms with Crippen LogP contribution in [0, 0.1) is 11.8 Å². The smallest absolute Gasteiger partial charge is 0.0359 e. The summed E-state index contributed by atoms with van der Waals surface area (Å²) in [5.74, 6) is 1.71. The molecule has 1 aliphatic carbocycles. The second-order valence-electron chi connectivity index (χ2n) is 6.33. The molecule has 0 bridgehead atoms. The maximum Gasteiger partial charge on any atom is 0.0359 e. The first kappa shape index (κ1) is 14.4. The van der Waals surface area contributed by atoms with Crippen molar-refractivity contribution in [3.63, 3.8) is 0 Å². The normalized spacial score (nSPS) is 27.7. The molecule has 2 N–H and O–H groups in total. The largest absolute Gasteiger partial charge is 0.398 e. The van der Waals surface area contributed by atoms with E-state index in [0.29, 0.717) is 0 Å². The minimum Gasteiger partial charge on any atom is -0.398 e. The minimum atomic E-state index is 0.725. The zero-order valence-electron chi connectivity index (χ0n) is 12.6. The summed E-state index contributed by atoms with van der Waals surface area (Å²) in [6, 6.07) is 9.00. The Morgan fingerprint density at radius 3 is 2.32 bits per heavy atom. The molecule has 1 fully saturated rings. The van der Waals surface area contributed by atoms with Crippen LogP contribution in [0.25, 0.3) is 0 Å². The summed E-state index contributed by atoms with van der Waals surface area (Å²) in [5, 5.41) is 0. The third kappa shape index (κ3) is 3.73. The Morgan fingerprint density at radius 2 is 1.74 bits per heavy atom. The Balaban J connectivity index is 2.05. The fraction of sp³-hybridized carbons (Fsp3) is 0.647. The van der Waals surface area contributed by atoms with Crippen LogP contribution < -0.4 is 5.73 Å². The van der Waals surface area contributed by atoms with E-state index in [0.717, 1.165) is 36.7 Å². The summed E-state index contributed by atoms with van der Waals surface area (Å²) in [6.45, 7) is 9.16. The Morgan fingerprint density at radius 1 is 1.11 bits per heavy atom. The van der Waals surface area contributed by atoms with E-state index in [-0.39, 0.29) is 0 Å². The average molecular weight is 260 g/mol. The highest BCUT2D eigenvalue weighted by molar-refractivity contribution is 5.46. The van der Waals surface area contributed by atoms with Crippen LogP contribution in [0.1, 0.15) is 45.6 Å². The van der Waals surface area contributed by atoms with Crippen LogP contribution in [0.15, 0.2) is 24.3 Å². The molecule has 0 amide bonds. The highest BCUT2D eigenvalue weighted by Crippen LogP contribution is 2.32. The van der Waals surface area contributed by atoms with Crippen LogP contribution in [0.4, 0.5) is 5.69 Å². The first-order chi connectivity index (χ1) is 9.10. The molecule has 0 aromatic heterocycles. The first-order valence-electron chi connectivity index (χ1n) is 7.67. The number of para-hydroxylation sites is 1. The van der Waals surface area contributed by atoms with Gasteiger partial charge in [-0.3, -0.25) is 4.90 Å². The Hall–Kier alpha value is -1.02. The zero-order valence-corrected chi connectivity index (χ0v) is 12.6. The van der Waals surface area contributed by atoms with Crippen LogP contribution in [0.2, 0.25) is 0 Å². The van der Waals surface area contributed by atoms with Gasteiger partial charge in [-0.25, -0.2) is 0 Å². The van der Waals surface area contributed by atoms with E-state index in [1.807, 2.05) is 12.1 Å². The summed E-state index contributed by atoms with van der Waals surface area (Å²) in [5.41, 5.74) is 8.28. The average Bonchev–Trinajstić information content (AvgIpc) is 2.36. The Bertz CT molecular complexity index is 392. The number of anilines is 1. The lowest BCUT2D eigenvalue weighted by Gasteiger charge is -2.39. The number of nitrogen functional groups attached to an aromatic ring is 1. The quantitative estimate of drug-likeness (QED) is 0.832. The Labute approximate surface area is 118 Å². The van der Waals surface area contributed by atoms with Crippen molar-refractivity contribution in [3.8, 4) is 0 Å². The van der Waals surface area contributed by atoms with E-state index < -0.39 is 0 Å². The molecule has 2 atom stereocenters. The van der Waals surface area contributed by atoms with Crippen LogP contribution in [0.5, 0.6) is 0 Å². The van der Waals surface area contributed by atoms with Gasteiger partial charge in [-0.1, -0.05) is 39.0 Å². The van der Waals surface area contributed by atoms with Crippen LogP contribution in [0.3, 0.4) is 0 Å². The van der Waals surface area contributed by atoms with Crippen molar-refractivity contribution in [1.29, 1.82) is 0 Å². The predicted octanol–water partition coefficient (Wildman–Crippen LogP) is 3.92. The van der Waals surface area contributed by atoms with Gasteiger partial charge in [-0.2, -0.15) is 0 Å². The van der Waals surface area contributed by atoms with Crippen molar-refractivity contribution in [1.82, 2.24) is 4.90 Å². The van der Waals surface area contributed by atoms with Crippen LogP contribution in [-0.4, -0.2) is 17.5 Å². The van der Waals surface area contributed by atoms with Crippen LogP contribution >= 0.6 is 0 Å². The SMILES string of the molecule is CCN(Cc1ccccc1N)C1CC(C)CC(C)C1. The van der Waals surface area contributed by atoms with Gasteiger partial charge >= 0.3 is 0 Å². The monoisotopic (exact) mass is 260 g/mol. The van der Waals surface area contributed by atoms with Gasteiger partial charge in [0.25, 0.3) is 0 Å². The fourth-order valence-corrected chi connectivity index (χ4v) is 3.60. The Kier molecular flexibility index (Phi) is 4.87. The van der Waals surface area contributed by atoms with Gasteiger partial charge in [0.05, 0.1) is 0 Å². The van der Waals surface area contributed by atoms with Gasteiger partial charge < -0.3 is 5.73 Å². The second kappa shape index (κ2) is 6.42. The molecule has 1 aromatic carbocycles. The molecule has 1 aliphatic rings. The standard InChI is InChI=1S/C17H28N2/c1-4-19(12-15-7-5-6-8-17(15)18)16-10-13(2)9-14(3)11-16/h5-8,13-14,16H,4,9-12,18H2,1-3H3. The molecule has 0 spiro atoms. The number of benzene rings is 1. The van der Waals surface area contributed by atoms with Gasteiger partial charge in [0.2, 0.25) is 0 Å². The van der Waals surface area contributed by atoms with E-state index in [1.165, 1.54) is 24.8 Å². The molecule has 0 radical (unpaired) electrons. The van der Waals surface area contributed by atoms with Gasteiger partial charge in [-0.15, -0.1) is 0 Å². The molecule has 106 valence electrons. The van der Waals surface area contributed by atoms with Crippen molar-refractivity contribution < 1.29 is 0 Å². The maximum atomic E-state index is 6.08. The van der Waals surface area contributed by atoms with Gasteiger partial charge in [0.1, 0.15) is 0 Å². The van der Waals surface area contributed by atoms with E-state index >= 15 is 0 Å². The summed E-state index contributed by atoms with van der Waals surface area (Å²) in [7, 11) is 0. The van der Waals surface area contributed by atoms with E-state index in [1.54, 1.807) is 0 Å². The molecule has 2 heteroatoms. The van der Waals surface area contributed by atoms with E-state index in [9.17, 15) is 0 Å². The summed E-state index contributed by atoms with van der Waals surface area (Å²) in [4.78, 5) is 2.61. The topological polar surface area (TPSA) is 29.3 Å². The van der Waals surface area contributed by atoms with Crippen molar-refractivity contribution >= 4 is 5.69 Å². The molecule has 0 heterocycles. The van der Waals surface area contributed by atoms with Crippen LogP contribution in [-0.2, 0) is 6.54 Å². The molecule has 2 unspecified atom stereocenters. The third-order valence-electron chi connectivity index (χ3n) is 4.50. The number of rotatable bonds is 4. The van der Waals surface area contributed by atoms with E-state index in [2.05, 4.69) is 37.8 Å². The molecule has 2 rings (SSSR count). The van der Waals surface area contributed by atoms with E-state index in [4.69, 9.17) is 5.73 Å². The predicted molar refractivity (Wildman–Crippen MR) is 82.9 cm³/mol. The summed E-state index contributed by atoms with van der Waals surface area (Å²) >= 11 is 0. The highest BCUT2D eigenvalue weighted by atomic mass is 15.1. The van der Waals surface area contributed by atoms with Crippen molar-refractivity contribution in [2.45, 2.75) is 52.6 Å². The first-order valence-corrected chi connectivity index (χ1v) is 7.67. The lowest BCUT2D eigenvalue weighted by atomic mass is 9.79. The molecular formula is C17H28N2. The number of hydrogen-bond donors (Lipinski definition) is 1. The number of nitrogens with zero attached hydrogens (tertiary/aromatic N) is 1. The molecule has 0 saturated heterocycles. The zero-order chi connectivity index (χ0) is 13.8. The molecule has 1 saturated carbocycles. The third-order valence-corrected chi connectivity index (χ3v) is 4.50. The second-order valence-corrected chi connectivity index (χ2v) is 6.33. The highest BCUT2D eigenvalue weighted by Gasteiger charge is 2.27. The molecular weight excluding hydrogens is 232 g/mol.